The van der Waals surface area contributed by atoms with Crippen LogP contribution in [0.1, 0.15) is 37.5 Å². The van der Waals surface area contributed by atoms with E-state index in [-0.39, 0.29) is 6.03 Å². The van der Waals surface area contributed by atoms with Gasteiger partial charge in [-0.05, 0) is 58.1 Å². The number of hydrogen-bond acceptors (Lipinski definition) is 8. The molecule has 1 aliphatic rings. The highest BCUT2D eigenvalue weighted by Gasteiger charge is 2.35. The highest BCUT2D eigenvalue weighted by atomic mass is 16.5. The van der Waals surface area contributed by atoms with Gasteiger partial charge in [0, 0.05) is 47.7 Å². The number of carbonyl (C=O) groups excluding carboxylic acids is 1. The Kier molecular flexibility index (Phi) is 9.31. The van der Waals surface area contributed by atoms with Crippen molar-refractivity contribution in [2.24, 2.45) is 0 Å². The van der Waals surface area contributed by atoms with Crippen LogP contribution in [0, 0.1) is 13.8 Å². The van der Waals surface area contributed by atoms with E-state index in [0.29, 0.717) is 43.0 Å². The second-order valence-electron chi connectivity index (χ2n) is 9.56. The van der Waals surface area contributed by atoms with Crippen LogP contribution in [0.4, 0.5) is 27.9 Å². The minimum Gasteiger partial charge on any atom is -0.496 e. The molecule has 0 fully saturated rings. The first-order valence-corrected chi connectivity index (χ1v) is 13.7. The molecule has 0 atom stereocenters. The molecule has 2 aromatic carbocycles. The van der Waals surface area contributed by atoms with Crippen LogP contribution < -0.4 is 29.3 Å². The molecule has 0 saturated carbocycles. The average molecular weight is 549 g/mol. The first-order valence-electron chi connectivity index (χ1n) is 13.7. The zero-order chi connectivity index (χ0) is 28.8. The van der Waals surface area contributed by atoms with E-state index in [4.69, 9.17) is 19.2 Å². The van der Waals surface area contributed by atoms with Crippen molar-refractivity contribution >= 4 is 29.2 Å². The molecule has 40 heavy (non-hydrogen) atoms. The number of likely N-dealkylation sites (N-methyl/N-ethyl adjacent to an activating group) is 1. The van der Waals surface area contributed by atoms with E-state index < -0.39 is 0 Å². The number of carbonyl (C=O) groups is 1. The number of fused-ring (bicyclic) bond motifs is 1. The number of nitrogens with zero attached hydrogens (tertiary/aromatic N) is 5. The lowest BCUT2D eigenvalue weighted by Crippen LogP contribution is -2.48. The van der Waals surface area contributed by atoms with E-state index in [1.807, 2.05) is 51.1 Å². The van der Waals surface area contributed by atoms with Crippen molar-refractivity contribution in [3.63, 3.8) is 0 Å². The van der Waals surface area contributed by atoms with Gasteiger partial charge in [-0.25, -0.2) is 9.78 Å². The number of anilines is 4. The molecular formula is C30H40N6O4. The molecular weight excluding hydrogens is 508 g/mol. The van der Waals surface area contributed by atoms with Gasteiger partial charge < -0.3 is 24.4 Å². The first kappa shape index (κ1) is 28.9. The number of methoxy groups -OCH3 is 2. The number of urea groups is 1. The molecule has 3 aromatic rings. The number of aromatic nitrogens is 2. The van der Waals surface area contributed by atoms with Crippen molar-refractivity contribution < 1.29 is 19.0 Å². The number of benzene rings is 2. The predicted octanol–water partition coefficient (Wildman–Crippen LogP) is 5.54. The van der Waals surface area contributed by atoms with Gasteiger partial charge in [0.2, 0.25) is 5.95 Å². The summed E-state index contributed by atoms with van der Waals surface area (Å²) in [5.74, 6) is 3.16. The second kappa shape index (κ2) is 12.9. The average Bonchev–Trinajstić information content (AvgIpc) is 2.97. The highest BCUT2D eigenvalue weighted by Crippen LogP contribution is 2.41. The van der Waals surface area contributed by atoms with Crippen LogP contribution in [0.3, 0.4) is 0 Å². The maximum atomic E-state index is 13.8. The van der Waals surface area contributed by atoms with Crippen LogP contribution in [0.25, 0.3) is 0 Å². The summed E-state index contributed by atoms with van der Waals surface area (Å²) in [6, 6.07) is 9.40. The van der Waals surface area contributed by atoms with Crippen LogP contribution in [-0.4, -0.2) is 67.9 Å². The molecule has 1 aromatic heterocycles. The Morgan fingerprint density at radius 3 is 2.23 bits per heavy atom. The lowest BCUT2D eigenvalue weighted by atomic mass is 10.0. The van der Waals surface area contributed by atoms with Gasteiger partial charge >= 0.3 is 6.03 Å². The van der Waals surface area contributed by atoms with Crippen molar-refractivity contribution in [3.8, 4) is 17.2 Å². The predicted molar refractivity (Wildman–Crippen MR) is 159 cm³/mol. The van der Waals surface area contributed by atoms with E-state index in [9.17, 15) is 4.79 Å². The van der Waals surface area contributed by atoms with Gasteiger partial charge in [0.25, 0.3) is 0 Å². The molecule has 1 aliphatic heterocycles. The molecule has 0 unspecified atom stereocenters. The van der Waals surface area contributed by atoms with Gasteiger partial charge in [-0.2, -0.15) is 4.98 Å². The van der Waals surface area contributed by atoms with Crippen LogP contribution >= 0.6 is 0 Å². The summed E-state index contributed by atoms with van der Waals surface area (Å²) in [6.45, 7) is 14.5. The van der Waals surface area contributed by atoms with Gasteiger partial charge in [-0.15, -0.1) is 0 Å². The summed E-state index contributed by atoms with van der Waals surface area (Å²) in [7, 11) is 3.23. The molecule has 10 nitrogen and oxygen atoms in total. The Balaban J connectivity index is 1.54. The molecule has 0 spiro atoms. The van der Waals surface area contributed by atoms with Crippen molar-refractivity contribution in [1.29, 1.82) is 0 Å². The molecule has 0 aliphatic carbocycles. The van der Waals surface area contributed by atoms with E-state index >= 15 is 0 Å². The van der Waals surface area contributed by atoms with E-state index in [0.717, 1.165) is 53.4 Å². The van der Waals surface area contributed by atoms with Crippen LogP contribution in [-0.2, 0) is 6.54 Å². The standard InChI is InChI=1S/C30H40N6O4/c1-8-34(9-2)15-16-40-24-13-11-23(12-14-24)32-29-31-18-22-19-36(30(37)35(10-3)28(22)33-29)27-20(4)25(38-6)17-26(39-7)21(27)5/h11-14,17-18H,8-10,15-16,19H2,1-7H3,(H,31,32,33). The van der Waals surface area contributed by atoms with Crippen LogP contribution in [0.2, 0.25) is 0 Å². The fourth-order valence-corrected chi connectivity index (χ4v) is 5.01. The van der Waals surface area contributed by atoms with Crippen molar-refractivity contribution in [2.75, 3.05) is 62.1 Å². The van der Waals surface area contributed by atoms with Gasteiger partial charge in [-0.1, -0.05) is 13.8 Å². The lowest BCUT2D eigenvalue weighted by Gasteiger charge is -2.37. The van der Waals surface area contributed by atoms with Crippen molar-refractivity contribution in [3.05, 3.63) is 53.2 Å². The summed E-state index contributed by atoms with van der Waals surface area (Å²) in [5, 5.41) is 3.25. The molecule has 10 heteroatoms. The molecule has 2 heterocycles. The Morgan fingerprint density at radius 1 is 1.00 bits per heavy atom. The lowest BCUT2D eigenvalue weighted by molar-refractivity contribution is 0.223. The zero-order valence-corrected chi connectivity index (χ0v) is 24.6. The molecule has 214 valence electrons. The van der Waals surface area contributed by atoms with E-state index in [2.05, 4.69) is 29.0 Å². The molecule has 4 rings (SSSR count). The Morgan fingerprint density at radius 2 is 1.65 bits per heavy atom. The number of rotatable bonds is 12. The third-order valence-electron chi connectivity index (χ3n) is 7.31. The largest absolute Gasteiger partial charge is 0.496 e. The second-order valence-corrected chi connectivity index (χ2v) is 9.56. The van der Waals surface area contributed by atoms with Gasteiger partial charge in [-0.3, -0.25) is 9.80 Å². The fourth-order valence-electron chi connectivity index (χ4n) is 5.01. The Labute approximate surface area is 236 Å². The quantitative estimate of drug-likeness (QED) is 0.315. The topological polar surface area (TPSA) is 92.3 Å². The zero-order valence-electron chi connectivity index (χ0n) is 24.6. The third kappa shape index (κ3) is 5.91. The molecule has 0 bridgehead atoms. The van der Waals surface area contributed by atoms with Crippen LogP contribution in [0.15, 0.2) is 36.5 Å². The SMILES string of the molecule is CCN(CC)CCOc1ccc(Nc2ncc3c(n2)N(CC)C(=O)N(c2c(C)c(OC)cc(OC)c2C)C3)cc1. The molecule has 0 saturated heterocycles. The number of hydrogen-bond donors (Lipinski definition) is 1. The smallest absolute Gasteiger partial charge is 0.330 e. The molecule has 2 amide bonds. The normalized spacial score (nSPS) is 12.9. The summed E-state index contributed by atoms with van der Waals surface area (Å²) < 4.78 is 17.0. The first-order chi connectivity index (χ1) is 19.3. The number of ether oxygens (including phenoxy) is 3. The van der Waals surface area contributed by atoms with E-state index in [1.54, 1.807) is 30.2 Å². The van der Waals surface area contributed by atoms with E-state index in [1.165, 1.54) is 0 Å². The fraction of sp³-hybridized carbons (Fsp3) is 0.433. The van der Waals surface area contributed by atoms with Gasteiger partial charge in [0.1, 0.15) is 29.7 Å². The minimum atomic E-state index is -0.160. The number of amides is 2. The summed E-state index contributed by atoms with van der Waals surface area (Å²) in [6.07, 6.45) is 1.78. The maximum absolute atomic E-state index is 13.8. The number of nitrogens with one attached hydrogen (secondary N) is 1. The van der Waals surface area contributed by atoms with Gasteiger partial charge in [0.05, 0.1) is 26.5 Å². The Hall–Kier alpha value is -4.05. The van der Waals surface area contributed by atoms with Crippen LogP contribution in [0.5, 0.6) is 17.2 Å². The summed E-state index contributed by atoms with van der Waals surface area (Å²) >= 11 is 0. The van der Waals surface area contributed by atoms with Crippen molar-refractivity contribution in [1.82, 2.24) is 14.9 Å². The monoisotopic (exact) mass is 548 g/mol. The Bertz CT molecular complexity index is 1300. The maximum Gasteiger partial charge on any atom is 0.330 e. The van der Waals surface area contributed by atoms with Crippen molar-refractivity contribution in [2.45, 2.75) is 41.2 Å². The summed E-state index contributed by atoms with van der Waals surface area (Å²) in [5.41, 5.74) is 4.19. The molecule has 1 N–H and O–H groups in total. The minimum absolute atomic E-state index is 0.160. The summed E-state index contributed by atoms with van der Waals surface area (Å²) in [4.78, 5) is 28.8. The molecule has 0 radical (unpaired) electrons. The third-order valence-corrected chi connectivity index (χ3v) is 7.31. The van der Waals surface area contributed by atoms with Gasteiger partial charge in [0.15, 0.2) is 0 Å². The highest BCUT2D eigenvalue weighted by molar-refractivity contribution is 6.06.